The van der Waals surface area contributed by atoms with Gasteiger partial charge in [0.25, 0.3) is 0 Å². The van der Waals surface area contributed by atoms with E-state index in [1.54, 1.807) is 22.9 Å². The second kappa shape index (κ2) is 7.37. The SMILES string of the molecule is CC1(C)CC(=O)C2=C(C1)Nc1nc(-c3ccc(C(C)(C)C)cc3)nn1C2c1ccccc1F. The first-order chi connectivity index (χ1) is 15.5. The van der Waals surface area contributed by atoms with Crippen LogP contribution in [-0.4, -0.2) is 20.5 Å². The molecule has 2 aliphatic rings. The number of nitrogens with one attached hydrogen (secondary N) is 1. The van der Waals surface area contributed by atoms with Crippen molar-refractivity contribution in [2.75, 3.05) is 5.32 Å². The third-order valence-corrected chi connectivity index (χ3v) is 6.54. The van der Waals surface area contributed by atoms with Crippen molar-refractivity contribution in [1.82, 2.24) is 14.8 Å². The molecule has 0 radical (unpaired) electrons. The van der Waals surface area contributed by atoms with E-state index in [2.05, 4.69) is 52.1 Å². The molecule has 6 heteroatoms. The van der Waals surface area contributed by atoms with E-state index in [1.165, 1.54) is 11.6 Å². The Hall–Kier alpha value is -3.28. The zero-order chi connectivity index (χ0) is 23.5. The lowest BCUT2D eigenvalue weighted by atomic mass is 9.73. The third kappa shape index (κ3) is 3.77. The summed E-state index contributed by atoms with van der Waals surface area (Å²) in [4.78, 5) is 18.0. The summed E-state index contributed by atoms with van der Waals surface area (Å²) in [5.74, 6) is 0.749. The van der Waals surface area contributed by atoms with Crippen LogP contribution in [0.3, 0.4) is 0 Å². The first-order valence-corrected chi connectivity index (χ1v) is 11.4. The number of halogens is 1. The fourth-order valence-electron chi connectivity index (χ4n) is 4.83. The largest absolute Gasteiger partial charge is 0.328 e. The number of benzene rings is 2. The summed E-state index contributed by atoms with van der Waals surface area (Å²) in [6, 6.07) is 14.2. The topological polar surface area (TPSA) is 59.8 Å². The number of carbonyl (C=O) groups excluding carboxylic acids is 1. The number of carbonyl (C=O) groups is 1. The summed E-state index contributed by atoms with van der Waals surface area (Å²) < 4.78 is 16.6. The first kappa shape index (κ1) is 21.6. The quantitative estimate of drug-likeness (QED) is 0.523. The molecule has 1 aromatic heterocycles. The maximum absolute atomic E-state index is 15.0. The van der Waals surface area contributed by atoms with E-state index in [9.17, 15) is 9.18 Å². The predicted molar refractivity (Wildman–Crippen MR) is 127 cm³/mol. The lowest BCUT2D eigenvalue weighted by Crippen LogP contribution is -2.36. The number of anilines is 1. The zero-order valence-corrected chi connectivity index (χ0v) is 19.7. The van der Waals surface area contributed by atoms with Gasteiger partial charge in [-0.3, -0.25) is 4.79 Å². The van der Waals surface area contributed by atoms with Gasteiger partial charge in [0.05, 0.1) is 0 Å². The fraction of sp³-hybridized carbons (Fsp3) is 0.370. The van der Waals surface area contributed by atoms with Gasteiger partial charge in [-0.15, -0.1) is 5.10 Å². The van der Waals surface area contributed by atoms with E-state index < -0.39 is 6.04 Å². The van der Waals surface area contributed by atoms with Gasteiger partial charge in [0.1, 0.15) is 11.9 Å². The van der Waals surface area contributed by atoms with Crippen LogP contribution < -0.4 is 5.32 Å². The Morgan fingerprint density at radius 3 is 2.42 bits per heavy atom. The van der Waals surface area contributed by atoms with Gasteiger partial charge < -0.3 is 5.32 Å². The Bertz CT molecular complexity index is 1280. The number of hydrogen-bond donors (Lipinski definition) is 1. The minimum Gasteiger partial charge on any atom is -0.328 e. The van der Waals surface area contributed by atoms with Crippen molar-refractivity contribution in [2.45, 2.75) is 58.9 Å². The molecule has 1 aliphatic heterocycles. The molecule has 3 aromatic rings. The summed E-state index contributed by atoms with van der Waals surface area (Å²) in [6.45, 7) is 10.7. The molecule has 5 rings (SSSR count). The summed E-state index contributed by atoms with van der Waals surface area (Å²) in [6.07, 6.45) is 1.12. The standard InChI is InChI=1S/C27H29FN4O/c1-26(2,3)17-12-10-16(11-13-17)24-30-25-29-20-14-27(4,5)15-21(33)22(20)23(32(25)31-24)18-8-6-7-9-19(18)28/h6-13,23H,14-15H2,1-5H3,(H,29,30,31). The minimum atomic E-state index is -0.642. The molecule has 2 aromatic carbocycles. The number of hydrogen-bond acceptors (Lipinski definition) is 4. The Balaban J connectivity index is 1.64. The van der Waals surface area contributed by atoms with Crippen LogP contribution in [0.15, 0.2) is 59.8 Å². The number of ketones is 1. The average Bonchev–Trinajstić information content (AvgIpc) is 3.15. The van der Waals surface area contributed by atoms with Crippen molar-refractivity contribution in [3.05, 3.63) is 76.7 Å². The van der Waals surface area contributed by atoms with Gasteiger partial charge in [-0.05, 0) is 28.9 Å². The predicted octanol–water partition coefficient (Wildman–Crippen LogP) is 6.04. The highest BCUT2D eigenvalue weighted by Gasteiger charge is 2.42. The second-order valence-corrected chi connectivity index (χ2v) is 10.9. The molecule has 1 unspecified atom stereocenters. The van der Waals surface area contributed by atoms with Crippen molar-refractivity contribution >= 4 is 11.7 Å². The highest BCUT2D eigenvalue weighted by atomic mass is 19.1. The van der Waals surface area contributed by atoms with Crippen molar-refractivity contribution in [3.63, 3.8) is 0 Å². The van der Waals surface area contributed by atoms with Crippen molar-refractivity contribution < 1.29 is 9.18 Å². The molecule has 1 N–H and O–H groups in total. The molecule has 1 aliphatic carbocycles. The molecule has 5 nitrogen and oxygen atoms in total. The molecule has 0 saturated heterocycles. The Labute approximate surface area is 193 Å². The zero-order valence-electron chi connectivity index (χ0n) is 19.7. The van der Waals surface area contributed by atoms with Crippen LogP contribution in [0.1, 0.15) is 64.6 Å². The van der Waals surface area contributed by atoms with Crippen LogP contribution in [0, 0.1) is 11.2 Å². The van der Waals surface area contributed by atoms with E-state index in [0.29, 0.717) is 35.8 Å². The Kier molecular flexibility index (Phi) is 4.82. The van der Waals surface area contributed by atoms with Gasteiger partial charge in [0.2, 0.25) is 5.95 Å². The maximum atomic E-state index is 15.0. The number of Topliss-reactive ketones (excluding diaryl/α,β-unsaturated/α-hetero) is 1. The smallest absolute Gasteiger partial charge is 0.226 e. The van der Waals surface area contributed by atoms with Crippen LogP contribution >= 0.6 is 0 Å². The van der Waals surface area contributed by atoms with Crippen LogP contribution in [0.4, 0.5) is 10.3 Å². The molecule has 0 bridgehead atoms. The summed E-state index contributed by atoms with van der Waals surface area (Å²) in [7, 11) is 0. The van der Waals surface area contributed by atoms with Crippen molar-refractivity contribution in [1.29, 1.82) is 0 Å². The molecular weight excluding hydrogens is 415 g/mol. The second-order valence-electron chi connectivity index (χ2n) is 10.9. The van der Waals surface area contributed by atoms with Crippen LogP contribution in [0.25, 0.3) is 11.4 Å². The van der Waals surface area contributed by atoms with Gasteiger partial charge in [0.15, 0.2) is 11.6 Å². The van der Waals surface area contributed by atoms with Crippen LogP contribution in [0.2, 0.25) is 0 Å². The molecule has 33 heavy (non-hydrogen) atoms. The molecule has 0 amide bonds. The van der Waals surface area contributed by atoms with Crippen LogP contribution in [0.5, 0.6) is 0 Å². The molecule has 0 fully saturated rings. The van der Waals surface area contributed by atoms with Crippen molar-refractivity contribution in [3.8, 4) is 11.4 Å². The van der Waals surface area contributed by atoms with E-state index in [4.69, 9.17) is 10.1 Å². The minimum absolute atomic E-state index is 0.0271. The number of fused-ring (bicyclic) bond motifs is 1. The highest BCUT2D eigenvalue weighted by Crippen LogP contribution is 2.46. The number of nitrogens with zero attached hydrogens (tertiary/aromatic N) is 3. The molecule has 1 atom stereocenters. The fourth-order valence-corrected chi connectivity index (χ4v) is 4.83. The van der Waals surface area contributed by atoms with E-state index in [0.717, 1.165) is 11.3 Å². The molecule has 170 valence electrons. The monoisotopic (exact) mass is 444 g/mol. The maximum Gasteiger partial charge on any atom is 0.226 e. The third-order valence-electron chi connectivity index (χ3n) is 6.54. The lowest BCUT2D eigenvalue weighted by Gasteiger charge is -2.38. The van der Waals surface area contributed by atoms with Crippen LogP contribution in [-0.2, 0) is 10.2 Å². The highest BCUT2D eigenvalue weighted by molar-refractivity contribution is 6.00. The van der Waals surface area contributed by atoms with Gasteiger partial charge in [-0.2, -0.15) is 4.98 Å². The molecular formula is C27H29FN4O. The summed E-state index contributed by atoms with van der Waals surface area (Å²) in [5, 5.41) is 8.12. The van der Waals surface area contributed by atoms with E-state index in [1.807, 2.05) is 12.1 Å². The molecule has 0 saturated carbocycles. The average molecular weight is 445 g/mol. The normalized spacial score (nSPS) is 19.7. The summed E-state index contributed by atoms with van der Waals surface area (Å²) in [5.41, 5.74) is 3.82. The molecule has 2 heterocycles. The van der Waals surface area contributed by atoms with Gasteiger partial charge in [-0.25, -0.2) is 9.07 Å². The Morgan fingerprint density at radius 1 is 1.06 bits per heavy atom. The van der Waals surface area contributed by atoms with Gasteiger partial charge in [-0.1, -0.05) is 77.1 Å². The first-order valence-electron chi connectivity index (χ1n) is 11.4. The lowest BCUT2D eigenvalue weighted by molar-refractivity contribution is -0.118. The summed E-state index contributed by atoms with van der Waals surface area (Å²) >= 11 is 0. The Morgan fingerprint density at radius 2 is 1.76 bits per heavy atom. The van der Waals surface area contributed by atoms with Gasteiger partial charge in [0, 0.05) is 28.8 Å². The van der Waals surface area contributed by atoms with Crippen molar-refractivity contribution in [2.24, 2.45) is 5.41 Å². The number of allylic oxidation sites excluding steroid dienone is 2. The number of rotatable bonds is 2. The van der Waals surface area contributed by atoms with Gasteiger partial charge >= 0.3 is 0 Å². The van der Waals surface area contributed by atoms with E-state index >= 15 is 0 Å². The molecule has 0 spiro atoms. The number of aromatic nitrogens is 3. The van der Waals surface area contributed by atoms with E-state index in [-0.39, 0.29) is 22.4 Å².